The summed E-state index contributed by atoms with van der Waals surface area (Å²) in [4.78, 5) is 21.3. The lowest BCUT2D eigenvalue weighted by Gasteiger charge is -2.09. The Hall–Kier alpha value is -3.79. The first-order chi connectivity index (χ1) is 15.1. The van der Waals surface area contributed by atoms with Crippen molar-refractivity contribution in [3.63, 3.8) is 0 Å². The van der Waals surface area contributed by atoms with Gasteiger partial charge in [0.2, 0.25) is 0 Å². The second-order valence-corrected chi connectivity index (χ2v) is 7.22. The standard InChI is InChI=1S/C21H17FN6O2S/c1-30-17-8-6-16(7-9-17)28-18(13-31-21-23-10-3-11-24-21)19(26-27-28)20(29)25-15-5-2-4-14(22)12-15/h2-12H,13H2,1H3,(H,25,29). The highest BCUT2D eigenvalue weighted by Crippen LogP contribution is 2.24. The van der Waals surface area contributed by atoms with Crippen LogP contribution in [0.2, 0.25) is 0 Å². The van der Waals surface area contributed by atoms with E-state index in [4.69, 9.17) is 4.74 Å². The lowest BCUT2D eigenvalue weighted by Crippen LogP contribution is -2.15. The van der Waals surface area contributed by atoms with Gasteiger partial charge in [-0.2, -0.15) is 0 Å². The van der Waals surface area contributed by atoms with E-state index in [0.717, 1.165) is 0 Å². The summed E-state index contributed by atoms with van der Waals surface area (Å²) in [7, 11) is 1.58. The van der Waals surface area contributed by atoms with Gasteiger partial charge in [-0.05, 0) is 48.5 Å². The zero-order chi connectivity index (χ0) is 21.6. The van der Waals surface area contributed by atoms with Gasteiger partial charge in [0.15, 0.2) is 10.9 Å². The van der Waals surface area contributed by atoms with Crippen LogP contribution in [0.25, 0.3) is 5.69 Å². The minimum absolute atomic E-state index is 0.128. The van der Waals surface area contributed by atoms with E-state index >= 15 is 0 Å². The van der Waals surface area contributed by atoms with Crippen molar-refractivity contribution in [3.8, 4) is 11.4 Å². The number of anilines is 1. The van der Waals surface area contributed by atoms with Crippen LogP contribution in [0.3, 0.4) is 0 Å². The highest BCUT2D eigenvalue weighted by molar-refractivity contribution is 7.98. The number of hydrogen-bond acceptors (Lipinski definition) is 7. The Morgan fingerprint density at radius 2 is 1.90 bits per heavy atom. The molecule has 2 aromatic heterocycles. The van der Waals surface area contributed by atoms with E-state index in [0.29, 0.717) is 33.7 Å². The van der Waals surface area contributed by atoms with Crippen LogP contribution in [-0.4, -0.2) is 38.0 Å². The van der Waals surface area contributed by atoms with Gasteiger partial charge in [-0.25, -0.2) is 19.0 Å². The first-order valence-electron chi connectivity index (χ1n) is 9.20. The van der Waals surface area contributed by atoms with Gasteiger partial charge in [0.25, 0.3) is 5.91 Å². The molecular weight excluding hydrogens is 419 g/mol. The number of carbonyl (C=O) groups excluding carboxylic acids is 1. The van der Waals surface area contributed by atoms with Crippen LogP contribution in [0.5, 0.6) is 5.75 Å². The van der Waals surface area contributed by atoms with Gasteiger partial charge in [0, 0.05) is 23.8 Å². The fraction of sp³-hybridized carbons (Fsp3) is 0.0952. The molecule has 156 valence electrons. The molecule has 0 unspecified atom stereocenters. The van der Waals surface area contributed by atoms with E-state index < -0.39 is 11.7 Å². The highest BCUT2D eigenvalue weighted by Gasteiger charge is 2.21. The third-order valence-electron chi connectivity index (χ3n) is 4.26. The zero-order valence-electron chi connectivity index (χ0n) is 16.4. The van der Waals surface area contributed by atoms with Gasteiger partial charge in [-0.3, -0.25) is 4.79 Å². The minimum Gasteiger partial charge on any atom is -0.497 e. The molecule has 0 aliphatic carbocycles. The highest BCUT2D eigenvalue weighted by atomic mass is 32.2. The summed E-state index contributed by atoms with van der Waals surface area (Å²) in [6.45, 7) is 0. The molecule has 4 rings (SSSR count). The SMILES string of the molecule is COc1ccc(-n2nnc(C(=O)Nc3cccc(F)c3)c2CSc2ncccn2)cc1. The van der Waals surface area contributed by atoms with Gasteiger partial charge in [-0.15, -0.1) is 5.10 Å². The Kier molecular flexibility index (Phi) is 6.18. The van der Waals surface area contributed by atoms with Crippen LogP contribution >= 0.6 is 11.8 Å². The number of halogens is 1. The van der Waals surface area contributed by atoms with Crippen molar-refractivity contribution in [2.75, 3.05) is 12.4 Å². The monoisotopic (exact) mass is 436 g/mol. The molecule has 1 N–H and O–H groups in total. The second-order valence-electron chi connectivity index (χ2n) is 6.28. The summed E-state index contributed by atoms with van der Waals surface area (Å²) in [5.74, 6) is 0.0998. The van der Waals surface area contributed by atoms with Crippen LogP contribution < -0.4 is 10.1 Å². The molecule has 0 saturated heterocycles. The maximum atomic E-state index is 13.5. The number of methoxy groups -OCH3 is 1. The molecule has 0 atom stereocenters. The van der Waals surface area contributed by atoms with E-state index in [9.17, 15) is 9.18 Å². The van der Waals surface area contributed by atoms with Gasteiger partial charge >= 0.3 is 0 Å². The van der Waals surface area contributed by atoms with Gasteiger partial charge in [-0.1, -0.05) is 23.0 Å². The molecule has 0 radical (unpaired) electrons. The number of carbonyl (C=O) groups is 1. The maximum Gasteiger partial charge on any atom is 0.278 e. The number of hydrogen-bond donors (Lipinski definition) is 1. The normalized spacial score (nSPS) is 10.6. The predicted octanol–water partition coefficient (Wildman–Crippen LogP) is 3.75. The fourth-order valence-electron chi connectivity index (χ4n) is 2.79. The molecule has 2 aromatic carbocycles. The van der Waals surface area contributed by atoms with E-state index in [1.54, 1.807) is 48.5 Å². The molecule has 0 saturated carbocycles. The molecule has 2 heterocycles. The van der Waals surface area contributed by atoms with Crippen LogP contribution in [0, 0.1) is 5.82 Å². The molecule has 0 fully saturated rings. The molecule has 4 aromatic rings. The second kappa shape index (κ2) is 9.35. The van der Waals surface area contributed by atoms with E-state index in [2.05, 4.69) is 25.6 Å². The summed E-state index contributed by atoms with van der Waals surface area (Å²) < 4.78 is 20.3. The quantitative estimate of drug-likeness (QED) is 0.348. The van der Waals surface area contributed by atoms with E-state index in [1.165, 1.54) is 30.0 Å². The smallest absolute Gasteiger partial charge is 0.278 e. The molecular formula is C21H17FN6O2S. The average Bonchev–Trinajstić information content (AvgIpc) is 3.22. The number of thioether (sulfide) groups is 1. The summed E-state index contributed by atoms with van der Waals surface area (Å²) in [6.07, 6.45) is 3.29. The Morgan fingerprint density at radius 1 is 1.13 bits per heavy atom. The molecule has 31 heavy (non-hydrogen) atoms. The first-order valence-corrected chi connectivity index (χ1v) is 10.2. The van der Waals surface area contributed by atoms with Crippen molar-refractivity contribution in [1.29, 1.82) is 0 Å². The summed E-state index contributed by atoms with van der Waals surface area (Å²) in [5, 5.41) is 11.5. The number of rotatable bonds is 7. The zero-order valence-corrected chi connectivity index (χ0v) is 17.2. The Balaban J connectivity index is 1.66. The van der Waals surface area contributed by atoms with Crippen LogP contribution in [-0.2, 0) is 5.75 Å². The lowest BCUT2D eigenvalue weighted by molar-refractivity contribution is 0.102. The number of benzene rings is 2. The summed E-state index contributed by atoms with van der Waals surface area (Å²) in [5.41, 5.74) is 1.72. The fourth-order valence-corrected chi connectivity index (χ4v) is 3.58. The van der Waals surface area contributed by atoms with Gasteiger partial charge in [0.1, 0.15) is 11.6 Å². The molecule has 1 amide bonds. The van der Waals surface area contributed by atoms with Crippen molar-refractivity contribution in [1.82, 2.24) is 25.0 Å². The molecule has 8 nitrogen and oxygen atoms in total. The van der Waals surface area contributed by atoms with E-state index in [-0.39, 0.29) is 5.69 Å². The average molecular weight is 436 g/mol. The van der Waals surface area contributed by atoms with Crippen molar-refractivity contribution >= 4 is 23.4 Å². The number of amides is 1. The number of nitrogens with one attached hydrogen (secondary N) is 1. The van der Waals surface area contributed by atoms with Gasteiger partial charge in [0.05, 0.1) is 18.5 Å². The molecule has 0 aliphatic rings. The topological polar surface area (TPSA) is 94.8 Å². The van der Waals surface area contributed by atoms with Crippen molar-refractivity contribution in [3.05, 3.63) is 84.2 Å². The minimum atomic E-state index is -0.491. The third-order valence-corrected chi connectivity index (χ3v) is 5.14. The number of aromatic nitrogens is 5. The number of nitrogens with zero attached hydrogens (tertiary/aromatic N) is 5. The largest absolute Gasteiger partial charge is 0.497 e. The van der Waals surface area contributed by atoms with Crippen molar-refractivity contribution in [2.45, 2.75) is 10.9 Å². The lowest BCUT2D eigenvalue weighted by atomic mass is 10.2. The van der Waals surface area contributed by atoms with Gasteiger partial charge < -0.3 is 10.1 Å². The number of ether oxygens (including phenoxy) is 1. The Morgan fingerprint density at radius 3 is 2.61 bits per heavy atom. The van der Waals surface area contributed by atoms with Crippen LogP contribution in [0.4, 0.5) is 10.1 Å². The Bertz CT molecular complexity index is 1180. The summed E-state index contributed by atoms with van der Waals surface area (Å²) >= 11 is 1.35. The predicted molar refractivity (Wildman–Crippen MR) is 114 cm³/mol. The molecule has 10 heteroatoms. The molecule has 0 aliphatic heterocycles. The van der Waals surface area contributed by atoms with Crippen molar-refractivity contribution in [2.24, 2.45) is 0 Å². The summed E-state index contributed by atoms with van der Waals surface area (Å²) in [6, 6.07) is 14.6. The third kappa shape index (κ3) is 4.86. The maximum absolute atomic E-state index is 13.5. The van der Waals surface area contributed by atoms with Crippen LogP contribution in [0.1, 0.15) is 16.2 Å². The Labute approximate surface area is 181 Å². The molecule has 0 spiro atoms. The van der Waals surface area contributed by atoms with Crippen molar-refractivity contribution < 1.29 is 13.9 Å². The van der Waals surface area contributed by atoms with E-state index in [1.807, 2.05) is 12.1 Å². The molecule has 0 bridgehead atoms. The first kappa shape index (κ1) is 20.5. The van der Waals surface area contributed by atoms with Crippen LogP contribution in [0.15, 0.2) is 72.1 Å².